The molecular weight excluding hydrogens is 372 g/mol. The van der Waals surface area contributed by atoms with Gasteiger partial charge >= 0.3 is 5.91 Å². The molecule has 2 amide bonds. The van der Waals surface area contributed by atoms with E-state index in [9.17, 15) is 9.59 Å². The number of alkyl halides is 1. The molecule has 0 aliphatic rings. The molecule has 1 aromatic heterocycles. The highest BCUT2D eigenvalue weighted by molar-refractivity contribution is 7.20. The van der Waals surface area contributed by atoms with E-state index in [-0.39, 0.29) is 16.6 Å². The molecule has 6 nitrogen and oxygen atoms in total. The van der Waals surface area contributed by atoms with Crippen LogP contribution in [0.4, 0.5) is 15.8 Å². The van der Waals surface area contributed by atoms with Crippen LogP contribution in [0.5, 0.6) is 0 Å². The van der Waals surface area contributed by atoms with E-state index < -0.39 is 11.8 Å². The number of anilines is 3. The lowest BCUT2D eigenvalue weighted by Crippen LogP contribution is -2.16. The van der Waals surface area contributed by atoms with Crippen molar-refractivity contribution in [3.8, 4) is 11.8 Å². The second-order valence-electron chi connectivity index (χ2n) is 5.14. The number of carbonyl (C=O) groups excluding carboxylic acids is 2. The average Bonchev–Trinajstić information content (AvgIpc) is 3.02. The molecule has 0 spiro atoms. The number of amides is 2. The third-order valence-electron chi connectivity index (χ3n) is 3.36. The van der Waals surface area contributed by atoms with Crippen LogP contribution in [0.25, 0.3) is 10.8 Å². The second kappa shape index (κ2) is 7.87. The Bertz CT molecular complexity index is 1050. The van der Waals surface area contributed by atoms with Crippen LogP contribution in [0.1, 0.15) is 10.5 Å². The van der Waals surface area contributed by atoms with Gasteiger partial charge in [-0.05, 0) is 28.8 Å². The number of nitrogens with zero attached hydrogens (tertiary/aromatic N) is 1. The highest BCUT2D eigenvalue weighted by Crippen LogP contribution is 2.31. The van der Waals surface area contributed by atoms with Gasteiger partial charge < -0.3 is 16.4 Å². The van der Waals surface area contributed by atoms with Gasteiger partial charge in [0.25, 0.3) is 5.91 Å². The molecular formula is C18H13ClN4O2S. The van der Waals surface area contributed by atoms with Gasteiger partial charge in [-0.3, -0.25) is 9.59 Å². The minimum atomic E-state index is -0.742. The van der Waals surface area contributed by atoms with Crippen molar-refractivity contribution >= 4 is 61.3 Å². The molecule has 130 valence electrons. The van der Waals surface area contributed by atoms with E-state index in [1.807, 2.05) is 42.5 Å². The van der Waals surface area contributed by atoms with Gasteiger partial charge in [0, 0.05) is 5.69 Å². The second-order valence-corrected chi connectivity index (χ2v) is 6.40. The lowest BCUT2D eigenvalue weighted by molar-refractivity contribution is -0.111. The van der Waals surface area contributed by atoms with E-state index in [4.69, 9.17) is 17.3 Å². The number of hydrogen-bond donors (Lipinski definition) is 3. The number of fused-ring (bicyclic) bond motifs is 1. The fourth-order valence-electron chi connectivity index (χ4n) is 2.26. The highest BCUT2D eigenvalue weighted by Gasteiger charge is 2.17. The monoisotopic (exact) mass is 384 g/mol. The molecule has 0 radical (unpaired) electrons. The van der Waals surface area contributed by atoms with E-state index >= 15 is 0 Å². The zero-order valence-electron chi connectivity index (χ0n) is 13.4. The predicted molar refractivity (Wildman–Crippen MR) is 105 cm³/mol. The van der Waals surface area contributed by atoms with Crippen LogP contribution in [0.3, 0.4) is 0 Å². The van der Waals surface area contributed by atoms with Crippen LogP contribution in [0, 0.1) is 11.8 Å². The molecule has 0 atom stereocenters. The number of primary amides is 1. The van der Waals surface area contributed by atoms with Crippen molar-refractivity contribution in [1.29, 1.82) is 0 Å². The van der Waals surface area contributed by atoms with Crippen LogP contribution in [0.15, 0.2) is 42.5 Å². The van der Waals surface area contributed by atoms with Crippen LogP contribution in [-0.2, 0) is 4.79 Å². The fourth-order valence-corrected chi connectivity index (χ4v) is 3.22. The number of carbonyl (C=O) groups is 2. The maximum Gasteiger partial charge on any atom is 0.300 e. The highest BCUT2D eigenvalue weighted by atomic mass is 35.5. The van der Waals surface area contributed by atoms with Crippen molar-refractivity contribution < 1.29 is 9.59 Å². The third-order valence-corrected chi connectivity index (χ3v) is 4.38. The quantitative estimate of drug-likeness (QED) is 0.474. The number of hydrogen-bond acceptors (Lipinski definition) is 5. The lowest BCUT2D eigenvalue weighted by atomic mass is 10.1. The molecule has 8 heteroatoms. The predicted octanol–water partition coefficient (Wildman–Crippen LogP) is 3.32. The van der Waals surface area contributed by atoms with Gasteiger partial charge in [0.15, 0.2) is 10.8 Å². The van der Waals surface area contributed by atoms with E-state index in [2.05, 4.69) is 27.5 Å². The zero-order valence-corrected chi connectivity index (χ0v) is 14.9. The van der Waals surface area contributed by atoms with Gasteiger partial charge in [0.05, 0.1) is 5.88 Å². The summed E-state index contributed by atoms with van der Waals surface area (Å²) in [7, 11) is 0. The first-order valence-corrected chi connectivity index (χ1v) is 8.84. The number of rotatable bonds is 4. The van der Waals surface area contributed by atoms with Crippen LogP contribution < -0.4 is 16.4 Å². The van der Waals surface area contributed by atoms with E-state index in [0.717, 1.165) is 27.8 Å². The molecule has 3 aromatic rings. The lowest BCUT2D eigenvalue weighted by Gasteiger charge is -2.04. The summed E-state index contributed by atoms with van der Waals surface area (Å²) in [4.78, 5) is 27.5. The summed E-state index contributed by atoms with van der Waals surface area (Å²) in [6.45, 7) is 0. The number of nitrogens with one attached hydrogen (secondary N) is 2. The Kier molecular flexibility index (Phi) is 5.37. The Morgan fingerprint density at radius 3 is 2.69 bits per heavy atom. The van der Waals surface area contributed by atoms with Gasteiger partial charge in [0.1, 0.15) is 5.00 Å². The van der Waals surface area contributed by atoms with Crippen molar-refractivity contribution in [3.05, 3.63) is 48.2 Å². The molecule has 4 N–H and O–H groups in total. The third kappa shape index (κ3) is 4.11. The molecule has 0 aliphatic heterocycles. The molecule has 0 aliphatic carbocycles. The van der Waals surface area contributed by atoms with Gasteiger partial charge in [0.2, 0.25) is 0 Å². The molecule has 2 aromatic carbocycles. The van der Waals surface area contributed by atoms with Crippen molar-refractivity contribution in [2.24, 2.45) is 5.73 Å². The molecule has 1 heterocycles. The Morgan fingerprint density at radius 2 is 1.96 bits per heavy atom. The van der Waals surface area contributed by atoms with Crippen molar-refractivity contribution in [3.63, 3.8) is 0 Å². The maximum atomic E-state index is 11.7. The topological polar surface area (TPSA) is 97.1 Å². The first-order chi connectivity index (χ1) is 12.6. The number of nitrogens with two attached hydrogens (primary N) is 1. The van der Waals surface area contributed by atoms with Gasteiger partial charge in [-0.2, -0.15) is 0 Å². The fraction of sp³-hybridized carbons (Fsp3) is 0.0556. The van der Waals surface area contributed by atoms with Crippen molar-refractivity contribution in [1.82, 2.24) is 4.98 Å². The number of benzene rings is 2. The summed E-state index contributed by atoms with van der Waals surface area (Å²) in [5.74, 6) is 3.44. The van der Waals surface area contributed by atoms with E-state index in [1.165, 1.54) is 0 Å². The van der Waals surface area contributed by atoms with Crippen LogP contribution in [-0.4, -0.2) is 22.7 Å². The van der Waals surface area contributed by atoms with Crippen LogP contribution in [0.2, 0.25) is 0 Å². The largest absolute Gasteiger partial charge is 0.364 e. The summed E-state index contributed by atoms with van der Waals surface area (Å²) in [5.41, 5.74) is 6.11. The van der Waals surface area contributed by atoms with Gasteiger partial charge in [-0.25, -0.2) is 4.98 Å². The number of thiazole rings is 1. The summed E-state index contributed by atoms with van der Waals surface area (Å²) in [6, 6.07) is 13.8. The molecule has 26 heavy (non-hydrogen) atoms. The van der Waals surface area contributed by atoms with Crippen molar-refractivity contribution in [2.75, 3.05) is 16.5 Å². The maximum absolute atomic E-state index is 11.7. The normalized spacial score (nSPS) is 10.0. The molecule has 0 fully saturated rings. The van der Waals surface area contributed by atoms with E-state index in [0.29, 0.717) is 5.13 Å². The van der Waals surface area contributed by atoms with E-state index in [1.54, 1.807) is 0 Å². The first kappa shape index (κ1) is 17.7. The summed E-state index contributed by atoms with van der Waals surface area (Å²) in [6.07, 6.45) is 0. The molecule has 0 saturated heterocycles. The first-order valence-electron chi connectivity index (χ1n) is 7.49. The minimum absolute atomic E-state index is 0.0284. The molecule has 0 bridgehead atoms. The number of aromatic nitrogens is 1. The zero-order chi connectivity index (χ0) is 18.5. The summed E-state index contributed by atoms with van der Waals surface area (Å²) in [5, 5.41) is 8.46. The van der Waals surface area contributed by atoms with Crippen molar-refractivity contribution in [2.45, 2.75) is 0 Å². The molecule has 0 saturated carbocycles. The molecule has 3 rings (SSSR count). The number of halogens is 1. The smallest absolute Gasteiger partial charge is 0.300 e. The van der Waals surface area contributed by atoms with Gasteiger partial charge in [-0.1, -0.05) is 47.6 Å². The van der Waals surface area contributed by atoms with Crippen LogP contribution >= 0.6 is 22.9 Å². The summed E-state index contributed by atoms with van der Waals surface area (Å²) < 4.78 is 0. The Balaban J connectivity index is 1.86. The molecule has 0 unspecified atom stereocenters. The van der Waals surface area contributed by atoms with Gasteiger partial charge in [-0.15, -0.1) is 11.6 Å². The average molecular weight is 385 g/mol. The standard InChI is InChI=1S/C18H13ClN4O2S/c19-9-3-6-14(24)22-17-15(16(20)25)23-18(26-17)21-13-8-7-11-4-1-2-5-12(11)10-13/h1-2,4-5,7-8,10H,9H2,(H2,20,25)(H,21,23)(H,22,24). The SMILES string of the molecule is NC(=O)c1nc(Nc2ccc3ccccc3c2)sc1NC(=O)C#CCCl. The Hall–Kier alpha value is -3.08. The minimum Gasteiger partial charge on any atom is -0.364 e. The Labute approximate surface area is 158 Å². The Morgan fingerprint density at radius 1 is 1.19 bits per heavy atom. The summed E-state index contributed by atoms with van der Waals surface area (Å²) >= 11 is 6.51.